The predicted molar refractivity (Wildman–Crippen MR) is 89.7 cm³/mol. The molecule has 0 N–H and O–H groups in total. The molecule has 0 spiro atoms. The molecular formula is C17H19FN4O3. The lowest BCUT2D eigenvalue weighted by Gasteiger charge is -2.36. The monoisotopic (exact) mass is 346 g/mol. The second-order valence-electron chi connectivity index (χ2n) is 5.54. The molecule has 1 aliphatic heterocycles. The molecule has 1 amide bonds. The fourth-order valence-corrected chi connectivity index (χ4v) is 2.79. The molecule has 1 saturated heterocycles. The Hall–Kier alpha value is -2.90. The summed E-state index contributed by atoms with van der Waals surface area (Å²) in [6, 6.07) is 5.99. The molecule has 132 valence electrons. The van der Waals surface area contributed by atoms with Gasteiger partial charge in [0.2, 0.25) is 5.88 Å². The summed E-state index contributed by atoms with van der Waals surface area (Å²) in [4.78, 5) is 24.3. The van der Waals surface area contributed by atoms with Crippen LogP contribution in [0.3, 0.4) is 0 Å². The molecule has 2 aromatic rings. The summed E-state index contributed by atoms with van der Waals surface area (Å²) in [6.07, 6.45) is 1.31. The van der Waals surface area contributed by atoms with Gasteiger partial charge in [0.1, 0.15) is 23.6 Å². The van der Waals surface area contributed by atoms with Gasteiger partial charge in [-0.25, -0.2) is 14.4 Å². The van der Waals surface area contributed by atoms with Gasteiger partial charge < -0.3 is 19.3 Å². The highest BCUT2D eigenvalue weighted by Gasteiger charge is 2.25. The molecule has 1 aromatic carbocycles. The number of hydrogen-bond donors (Lipinski definition) is 0. The molecule has 0 saturated carbocycles. The zero-order chi connectivity index (χ0) is 17.8. The number of carbonyl (C=O) groups excluding carboxylic acids is 1. The number of anilines is 1. The van der Waals surface area contributed by atoms with Gasteiger partial charge in [0.15, 0.2) is 0 Å². The van der Waals surface area contributed by atoms with Crippen molar-refractivity contribution in [1.29, 1.82) is 0 Å². The van der Waals surface area contributed by atoms with Gasteiger partial charge in [0.05, 0.1) is 19.9 Å². The quantitative estimate of drug-likeness (QED) is 0.838. The molecule has 0 radical (unpaired) electrons. The van der Waals surface area contributed by atoms with Gasteiger partial charge in [-0.3, -0.25) is 4.79 Å². The van der Waals surface area contributed by atoms with E-state index in [1.165, 1.54) is 38.7 Å². The molecule has 3 rings (SSSR count). The zero-order valence-corrected chi connectivity index (χ0v) is 14.1. The van der Waals surface area contributed by atoms with Crippen molar-refractivity contribution < 1.29 is 18.7 Å². The number of piperazine rings is 1. The highest BCUT2D eigenvalue weighted by molar-refractivity contribution is 5.92. The van der Waals surface area contributed by atoms with E-state index in [0.29, 0.717) is 43.5 Å². The number of ether oxygens (including phenoxy) is 2. The van der Waals surface area contributed by atoms with Crippen molar-refractivity contribution in [3.63, 3.8) is 0 Å². The number of benzene rings is 1. The van der Waals surface area contributed by atoms with Crippen LogP contribution in [0, 0.1) is 5.82 Å². The van der Waals surface area contributed by atoms with Crippen molar-refractivity contribution in [3.8, 4) is 11.6 Å². The number of rotatable bonds is 4. The van der Waals surface area contributed by atoms with Crippen LogP contribution >= 0.6 is 0 Å². The highest BCUT2D eigenvalue weighted by atomic mass is 19.1. The minimum Gasteiger partial charge on any atom is -0.494 e. The van der Waals surface area contributed by atoms with E-state index in [-0.39, 0.29) is 11.7 Å². The summed E-state index contributed by atoms with van der Waals surface area (Å²) in [7, 11) is 3.01. The molecule has 0 bridgehead atoms. The Labute approximate surface area is 145 Å². The summed E-state index contributed by atoms with van der Waals surface area (Å²) >= 11 is 0. The highest BCUT2D eigenvalue weighted by Crippen LogP contribution is 2.29. The molecule has 1 aromatic heterocycles. The van der Waals surface area contributed by atoms with Crippen LogP contribution in [0.1, 0.15) is 10.5 Å². The Morgan fingerprint density at radius 3 is 2.52 bits per heavy atom. The fourth-order valence-electron chi connectivity index (χ4n) is 2.79. The van der Waals surface area contributed by atoms with Gasteiger partial charge in [-0.1, -0.05) is 0 Å². The third-order valence-corrected chi connectivity index (χ3v) is 4.12. The summed E-state index contributed by atoms with van der Waals surface area (Å²) < 4.78 is 23.6. The van der Waals surface area contributed by atoms with Crippen molar-refractivity contribution in [3.05, 3.63) is 42.1 Å². The first-order valence-corrected chi connectivity index (χ1v) is 7.86. The lowest BCUT2D eigenvalue weighted by atomic mass is 10.2. The molecule has 0 aliphatic carbocycles. The van der Waals surface area contributed by atoms with Crippen molar-refractivity contribution in [2.24, 2.45) is 0 Å². The van der Waals surface area contributed by atoms with Gasteiger partial charge in [-0.15, -0.1) is 0 Å². The molecule has 2 heterocycles. The van der Waals surface area contributed by atoms with E-state index in [4.69, 9.17) is 9.47 Å². The second-order valence-corrected chi connectivity index (χ2v) is 5.54. The molecule has 8 heteroatoms. The maximum absolute atomic E-state index is 13.3. The minimum absolute atomic E-state index is 0.161. The normalized spacial score (nSPS) is 14.4. The standard InChI is InChI=1S/C17H19FN4O3/c1-24-15-9-12(18)3-4-14(15)21-5-7-22(8-6-21)17(23)13-10-16(25-2)20-11-19-13/h3-4,9-11H,5-8H2,1-2H3. The van der Waals surface area contributed by atoms with Gasteiger partial charge in [0, 0.05) is 38.3 Å². The van der Waals surface area contributed by atoms with Crippen molar-refractivity contribution in [2.75, 3.05) is 45.3 Å². The Kier molecular flexibility index (Phi) is 4.97. The number of carbonyl (C=O) groups is 1. The van der Waals surface area contributed by atoms with Gasteiger partial charge in [-0.2, -0.15) is 0 Å². The summed E-state index contributed by atoms with van der Waals surface area (Å²) in [6.45, 7) is 2.31. The zero-order valence-electron chi connectivity index (χ0n) is 14.1. The van der Waals surface area contributed by atoms with E-state index < -0.39 is 0 Å². The largest absolute Gasteiger partial charge is 0.494 e. The first-order valence-electron chi connectivity index (χ1n) is 7.86. The number of amides is 1. The summed E-state index contributed by atoms with van der Waals surface area (Å²) in [5, 5.41) is 0. The number of aromatic nitrogens is 2. The number of hydrogen-bond acceptors (Lipinski definition) is 6. The molecular weight excluding hydrogens is 327 g/mol. The van der Waals surface area contributed by atoms with Crippen molar-refractivity contribution in [2.45, 2.75) is 0 Å². The summed E-state index contributed by atoms with van der Waals surface area (Å²) in [5.74, 6) is 0.340. The molecule has 1 aliphatic rings. The van der Waals surface area contributed by atoms with Gasteiger partial charge in [-0.05, 0) is 12.1 Å². The average molecular weight is 346 g/mol. The van der Waals surface area contributed by atoms with Crippen LogP contribution in [0.4, 0.5) is 10.1 Å². The number of nitrogens with zero attached hydrogens (tertiary/aromatic N) is 4. The van der Waals surface area contributed by atoms with Crippen molar-refractivity contribution >= 4 is 11.6 Å². The smallest absolute Gasteiger partial charge is 0.272 e. The SMILES string of the molecule is COc1cc(C(=O)N2CCN(c3ccc(F)cc3OC)CC2)ncn1. The van der Waals surface area contributed by atoms with Crippen LogP contribution in [0.2, 0.25) is 0 Å². The number of halogens is 1. The van der Waals surface area contributed by atoms with E-state index in [2.05, 4.69) is 14.9 Å². The molecule has 7 nitrogen and oxygen atoms in total. The van der Waals surface area contributed by atoms with Gasteiger partial charge in [0.25, 0.3) is 5.91 Å². The Morgan fingerprint density at radius 2 is 1.84 bits per heavy atom. The third-order valence-electron chi connectivity index (χ3n) is 4.12. The lowest BCUT2D eigenvalue weighted by molar-refractivity contribution is 0.0740. The first-order chi connectivity index (χ1) is 12.1. The van der Waals surface area contributed by atoms with Crippen LogP contribution in [0.15, 0.2) is 30.6 Å². The third kappa shape index (κ3) is 3.62. The van der Waals surface area contributed by atoms with E-state index in [0.717, 1.165) is 5.69 Å². The topological polar surface area (TPSA) is 67.8 Å². The van der Waals surface area contributed by atoms with E-state index in [1.807, 2.05) is 0 Å². The average Bonchev–Trinajstić information content (AvgIpc) is 2.67. The second kappa shape index (κ2) is 7.33. The Morgan fingerprint density at radius 1 is 1.08 bits per heavy atom. The van der Waals surface area contributed by atoms with Crippen molar-refractivity contribution in [1.82, 2.24) is 14.9 Å². The van der Waals surface area contributed by atoms with Crippen LogP contribution in [-0.2, 0) is 0 Å². The fraction of sp³-hybridized carbons (Fsp3) is 0.353. The maximum atomic E-state index is 13.3. The summed E-state index contributed by atoms with van der Waals surface area (Å²) in [5.41, 5.74) is 1.12. The minimum atomic E-state index is -0.341. The van der Waals surface area contributed by atoms with Crippen LogP contribution in [0.5, 0.6) is 11.6 Å². The molecule has 1 fully saturated rings. The van der Waals surface area contributed by atoms with E-state index >= 15 is 0 Å². The van der Waals surface area contributed by atoms with E-state index in [9.17, 15) is 9.18 Å². The first kappa shape index (κ1) is 16.9. The Balaban J connectivity index is 1.68. The molecule has 0 unspecified atom stereocenters. The lowest BCUT2D eigenvalue weighted by Crippen LogP contribution is -2.49. The van der Waals surface area contributed by atoms with Crippen LogP contribution in [-0.4, -0.2) is 61.2 Å². The van der Waals surface area contributed by atoms with Gasteiger partial charge >= 0.3 is 0 Å². The van der Waals surface area contributed by atoms with Crippen LogP contribution < -0.4 is 14.4 Å². The predicted octanol–water partition coefficient (Wildman–Crippen LogP) is 1.60. The van der Waals surface area contributed by atoms with E-state index in [1.54, 1.807) is 11.0 Å². The Bertz CT molecular complexity index is 763. The molecule has 25 heavy (non-hydrogen) atoms. The maximum Gasteiger partial charge on any atom is 0.272 e. The molecule has 0 atom stereocenters. The van der Waals surface area contributed by atoms with Crippen LogP contribution in [0.25, 0.3) is 0 Å². The number of methoxy groups -OCH3 is 2.